The molecule has 1 atom stereocenters. The normalized spacial score (nSPS) is 17.0. The molecule has 0 aliphatic carbocycles. The van der Waals surface area contributed by atoms with Gasteiger partial charge in [0, 0.05) is 24.3 Å². The summed E-state index contributed by atoms with van der Waals surface area (Å²) in [6.07, 6.45) is 4.50. The van der Waals surface area contributed by atoms with E-state index in [1.54, 1.807) is 6.20 Å². The van der Waals surface area contributed by atoms with Crippen molar-refractivity contribution >= 4 is 5.91 Å². The molecule has 1 aromatic carbocycles. The van der Waals surface area contributed by atoms with Crippen molar-refractivity contribution in [2.75, 3.05) is 6.61 Å². The monoisotopic (exact) mass is 299 g/mol. The van der Waals surface area contributed by atoms with Gasteiger partial charge >= 0.3 is 0 Å². The summed E-state index contributed by atoms with van der Waals surface area (Å²) in [6.45, 7) is 5.09. The molecule has 2 heterocycles. The van der Waals surface area contributed by atoms with Gasteiger partial charge in [-0.1, -0.05) is 18.2 Å². The fourth-order valence-electron chi connectivity index (χ4n) is 2.58. The van der Waals surface area contributed by atoms with E-state index in [1.807, 2.05) is 35.1 Å². The number of amides is 1. The van der Waals surface area contributed by atoms with Gasteiger partial charge in [-0.25, -0.2) is 0 Å². The number of ether oxygens (including phenoxy) is 1. The summed E-state index contributed by atoms with van der Waals surface area (Å²) >= 11 is 0. The summed E-state index contributed by atoms with van der Waals surface area (Å²) in [5.74, 6) is 0.798. The molecule has 22 heavy (non-hydrogen) atoms. The Morgan fingerprint density at radius 1 is 1.45 bits per heavy atom. The number of hydrogen-bond donors (Lipinski definition) is 1. The van der Waals surface area contributed by atoms with E-state index < -0.39 is 0 Å². The van der Waals surface area contributed by atoms with Crippen LogP contribution in [0.2, 0.25) is 0 Å². The topological polar surface area (TPSA) is 56.2 Å². The minimum atomic E-state index is -0.130. The number of fused-ring (bicyclic) bond motifs is 1. The van der Waals surface area contributed by atoms with Gasteiger partial charge in [0.1, 0.15) is 12.4 Å². The molecule has 2 aromatic rings. The predicted octanol–water partition coefficient (Wildman–Crippen LogP) is 2.33. The molecule has 0 saturated carbocycles. The first kappa shape index (κ1) is 14.6. The van der Waals surface area contributed by atoms with E-state index >= 15 is 0 Å². The zero-order chi connectivity index (χ0) is 15.5. The van der Waals surface area contributed by atoms with Gasteiger partial charge < -0.3 is 10.1 Å². The quantitative estimate of drug-likeness (QED) is 0.942. The van der Waals surface area contributed by atoms with E-state index in [4.69, 9.17) is 4.74 Å². The second-order valence-electron chi connectivity index (χ2n) is 5.96. The first-order valence-electron chi connectivity index (χ1n) is 7.65. The maximum absolute atomic E-state index is 12.3. The fourth-order valence-corrected chi connectivity index (χ4v) is 2.58. The van der Waals surface area contributed by atoms with Crippen LogP contribution in [-0.4, -0.2) is 22.3 Å². The summed E-state index contributed by atoms with van der Waals surface area (Å²) < 4.78 is 7.56. The number of nitrogens with zero attached hydrogens (tertiary/aromatic N) is 2. The summed E-state index contributed by atoms with van der Waals surface area (Å²) in [6, 6.07) is 8.22. The molecule has 1 aromatic heterocycles. The van der Waals surface area contributed by atoms with E-state index in [2.05, 4.69) is 24.3 Å². The van der Waals surface area contributed by atoms with Crippen molar-refractivity contribution in [2.24, 2.45) is 5.92 Å². The van der Waals surface area contributed by atoms with Crippen molar-refractivity contribution in [3.8, 4) is 5.75 Å². The molecule has 3 rings (SSSR count). The van der Waals surface area contributed by atoms with E-state index in [1.165, 1.54) is 0 Å². The molecule has 1 aliphatic heterocycles. The zero-order valence-corrected chi connectivity index (χ0v) is 13.0. The van der Waals surface area contributed by atoms with Gasteiger partial charge in [-0.05, 0) is 31.9 Å². The number of aromatic nitrogens is 2. The highest BCUT2D eigenvalue weighted by molar-refractivity contribution is 5.79. The Morgan fingerprint density at radius 3 is 3.05 bits per heavy atom. The van der Waals surface area contributed by atoms with Gasteiger partial charge in [-0.3, -0.25) is 9.48 Å². The highest BCUT2D eigenvalue weighted by Crippen LogP contribution is 2.26. The number of benzene rings is 1. The van der Waals surface area contributed by atoms with Crippen LogP contribution in [0.1, 0.15) is 31.0 Å². The Hall–Kier alpha value is -2.30. The third-order valence-corrected chi connectivity index (χ3v) is 3.90. The molecule has 0 saturated heterocycles. The van der Waals surface area contributed by atoms with E-state index in [9.17, 15) is 4.79 Å². The minimum Gasteiger partial charge on any atom is -0.492 e. The molecule has 5 nitrogen and oxygen atoms in total. The van der Waals surface area contributed by atoms with Crippen LogP contribution in [0.15, 0.2) is 36.7 Å². The van der Waals surface area contributed by atoms with Crippen LogP contribution in [0, 0.1) is 5.92 Å². The van der Waals surface area contributed by atoms with Crippen LogP contribution in [-0.2, 0) is 17.8 Å². The van der Waals surface area contributed by atoms with Crippen molar-refractivity contribution < 1.29 is 9.53 Å². The smallest absolute Gasteiger partial charge is 0.227 e. The Bertz CT molecular complexity index is 663. The van der Waals surface area contributed by atoms with E-state index in [0.717, 1.165) is 23.3 Å². The van der Waals surface area contributed by atoms with Crippen molar-refractivity contribution in [3.05, 3.63) is 47.8 Å². The van der Waals surface area contributed by atoms with Crippen molar-refractivity contribution in [3.63, 3.8) is 0 Å². The van der Waals surface area contributed by atoms with Crippen LogP contribution in [0.3, 0.4) is 0 Å². The lowest BCUT2D eigenvalue weighted by Crippen LogP contribution is -2.36. The van der Waals surface area contributed by atoms with Crippen molar-refractivity contribution in [1.29, 1.82) is 0 Å². The maximum atomic E-state index is 12.3. The predicted molar refractivity (Wildman–Crippen MR) is 83.6 cm³/mol. The van der Waals surface area contributed by atoms with Crippen molar-refractivity contribution in [2.45, 2.75) is 32.9 Å². The molecular formula is C17H21N3O2. The average molecular weight is 299 g/mol. The first-order valence-corrected chi connectivity index (χ1v) is 7.65. The largest absolute Gasteiger partial charge is 0.492 e. The average Bonchev–Trinajstić information content (AvgIpc) is 3.01. The highest BCUT2D eigenvalue weighted by atomic mass is 16.5. The molecular weight excluding hydrogens is 278 g/mol. The Morgan fingerprint density at radius 2 is 2.27 bits per heavy atom. The molecule has 5 heteroatoms. The van der Waals surface area contributed by atoms with Gasteiger partial charge in [0.25, 0.3) is 0 Å². The van der Waals surface area contributed by atoms with E-state index in [0.29, 0.717) is 19.2 Å². The zero-order valence-electron chi connectivity index (χ0n) is 13.0. The SMILES string of the molecule is CC(C)n1cc(CNC(=O)[C@H]2COc3ccccc3C2)cn1. The van der Waals surface area contributed by atoms with Crippen molar-refractivity contribution in [1.82, 2.24) is 15.1 Å². The van der Waals surface area contributed by atoms with Gasteiger partial charge in [0.05, 0.1) is 12.1 Å². The summed E-state index contributed by atoms with van der Waals surface area (Å²) in [5, 5.41) is 7.26. The van der Waals surface area contributed by atoms with Crippen LogP contribution in [0.25, 0.3) is 0 Å². The third kappa shape index (κ3) is 3.13. The fraction of sp³-hybridized carbons (Fsp3) is 0.412. The summed E-state index contributed by atoms with van der Waals surface area (Å²) in [5.41, 5.74) is 2.11. The number of nitrogens with one attached hydrogen (secondary N) is 1. The number of hydrogen-bond acceptors (Lipinski definition) is 3. The van der Waals surface area contributed by atoms with Gasteiger partial charge in [0.2, 0.25) is 5.91 Å². The van der Waals surface area contributed by atoms with Crippen LogP contribution in [0.5, 0.6) is 5.75 Å². The van der Waals surface area contributed by atoms with E-state index in [-0.39, 0.29) is 11.8 Å². The molecule has 1 N–H and O–H groups in total. The lowest BCUT2D eigenvalue weighted by Gasteiger charge is -2.24. The third-order valence-electron chi connectivity index (χ3n) is 3.90. The molecule has 0 fully saturated rings. The first-order chi connectivity index (χ1) is 10.6. The molecule has 1 amide bonds. The summed E-state index contributed by atoms with van der Waals surface area (Å²) in [7, 11) is 0. The Kier molecular flexibility index (Phi) is 4.13. The number of rotatable bonds is 4. The highest BCUT2D eigenvalue weighted by Gasteiger charge is 2.25. The molecule has 0 spiro atoms. The van der Waals surface area contributed by atoms with Gasteiger partial charge in [-0.15, -0.1) is 0 Å². The second-order valence-corrected chi connectivity index (χ2v) is 5.96. The molecule has 0 radical (unpaired) electrons. The minimum absolute atomic E-state index is 0.0341. The Balaban J connectivity index is 1.56. The standard InChI is InChI=1S/C17H21N3O2/c1-12(2)20-10-13(9-19-20)8-18-17(21)15-7-14-5-3-4-6-16(14)22-11-15/h3-6,9-10,12,15H,7-8,11H2,1-2H3,(H,18,21)/t15-/m1/s1. The Labute approximate surface area is 130 Å². The molecule has 0 unspecified atom stereocenters. The van der Waals surface area contributed by atoms with Crippen LogP contribution >= 0.6 is 0 Å². The molecule has 116 valence electrons. The summed E-state index contributed by atoms with van der Waals surface area (Å²) in [4.78, 5) is 12.3. The van der Waals surface area contributed by atoms with Crippen LogP contribution in [0.4, 0.5) is 0 Å². The van der Waals surface area contributed by atoms with Gasteiger partial charge in [0.15, 0.2) is 0 Å². The molecule has 0 bridgehead atoms. The van der Waals surface area contributed by atoms with Crippen LogP contribution < -0.4 is 10.1 Å². The maximum Gasteiger partial charge on any atom is 0.227 e. The molecule has 1 aliphatic rings. The number of para-hydroxylation sites is 1. The number of carbonyl (C=O) groups is 1. The number of carbonyl (C=O) groups excluding carboxylic acids is 1. The van der Waals surface area contributed by atoms with Gasteiger partial charge in [-0.2, -0.15) is 5.10 Å². The lowest BCUT2D eigenvalue weighted by molar-refractivity contribution is -0.126. The second kappa shape index (κ2) is 6.22. The lowest BCUT2D eigenvalue weighted by atomic mass is 9.96.